The first kappa shape index (κ1) is 10.2. The Morgan fingerprint density at radius 2 is 2.00 bits per heavy atom. The average Bonchev–Trinajstić information content (AvgIpc) is 2.89. The van der Waals surface area contributed by atoms with Gasteiger partial charge < -0.3 is 0 Å². The monoisotopic (exact) mass is 205 g/mol. The molecule has 0 aromatic heterocycles. The van der Waals surface area contributed by atoms with Gasteiger partial charge in [-0.15, -0.1) is 0 Å². The Hall–Kier alpha value is 0. The van der Waals surface area contributed by atoms with Crippen LogP contribution in [0, 0.1) is 29.6 Å². The normalized spacial score (nSPS) is 43.8. The van der Waals surface area contributed by atoms with Crippen molar-refractivity contribution in [2.45, 2.75) is 64.7 Å². The van der Waals surface area contributed by atoms with Gasteiger partial charge in [-0.3, -0.25) is 0 Å². The maximum Gasteiger partial charge on any atom is -0.0204 e. The summed E-state index contributed by atoms with van der Waals surface area (Å²) in [5, 5.41) is 0. The van der Waals surface area contributed by atoms with E-state index in [9.17, 15) is 0 Å². The van der Waals surface area contributed by atoms with Crippen LogP contribution in [0.5, 0.6) is 0 Å². The molecule has 0 amide bonds. The van der Waals surface area contributed by atoms with Crippen molar-refractivity contribution in [1.82, 2.24) is 0 Å². The zero-order valence-corrected chi connectivity index (χ0v) is 10.2. The second-order valence-corrected chi connectivity index (χ2v) is 6.18. The molecule has 0 aliphatic heterocycles. The molecule has 0 aromatic rings. The van der Waals surface area contributed by atoms with Crippen molar-refractivity contribution in [2.75, 3.05) is 0 Å². The summed E-state index contributed by atoms with van der Waals surface area (Å²) in [5.41, 5.74) is 0. The van der Waals surface area contributed by atoms with Crippen LogP contribution in [0.4, 0.5) is 0 Å². The summed E-state index contributed by atoms with van der Waals surface area (Å²) in [6.07, 6.45) is 13.6. The number of fused-ring (bicyclic) bond motifs is 5. The molecule has 2 bridgehead atoms. The van der Waals surface area contributed by atoms with E-state index in [2.05, 4.69) is 6.92 Å². The summed E-state index contributed by atoms with van der Waals surface area (Å²) in [6, 6.07) is 0. The highest BCUT2D eigenvalue weighted by molar-refractivity contribution is 5.15. The lowest BCUT2D eigenvalue weighted by molar-refractivity contribution is 0.269. The SMILES string of the molecule is CCCCC[C]1CC2CC1C1CCCC21. The molecule has 0 aromatic carbocycles. The lowest BCUT2D eigenvalue weighted by Crippen LogP contribution is -2.22. The molecule has 0 heteroatoms. The predicted molar refractivity (Wildman–Crippen MR) is 64.4 cm³/mol. The molecular weight excluding hydrogens is 180 g/mol. The van der Waals surface area contributed by atoms with Crippen molar-refractivity contribution in [3.63, 3.8) is 0 Å². The third-order valence-electron chi connectivity index (χ3n) is 5.45. The second-order valence-electron chi connectivity index (χ2n) is 6.18. The van der Waals surface area contributed by atoms with Gasteiger partial charge in [0, 0.05) is 0 Å². The Morgan fingerprint density at radius 3 is 2.87 bits per heavy atom. The molecule has 15 heavy (non-hydrogen) atoms. The van der Waals surface area contributed by atoms with Crippen molar-refractivity contribution < 1.29 is 0 Å². The van der Waals surface area contributed by atoms with Crippen LogP contribution in [0.3, 0.4) is 0 Å². The van der Waals surface area contributed by atoms with Crippen molar-refractivity contribution in [3.05, 3.63) is 5.92 Å². The zero-order valence-electron chi connectivity index (χ0n) is 10.2. The largest absolute Gasteiger partial charge is 0.0654 e. The van der Waals surface area contributed by atoms with E-state index in [1.54, 1.807) is 25.7 Å². The van der Waals surface area contributed by atoms with Crippen LogP contribution in [0.2, 0.25) is 0 Å². The Kier molecular flexibility index (Phi) is 2.79. The van der Waals surface area contributed by atoms with Crippen molar-refractivity contribution >= 4 is 0 Å². The number of hydrogen-bond acceptors (Lipinski definition) is 0. The van der Waals surface area contributed by atoms with Gasteiger partial charge in [0.25, 0.3) is 0 Å². The van der Waals surface area contributed by atoms with Gasteiger partial charge in [-0.2, -0.15) is 0 Å². The minimum Gasteiger partial charge on any atom is -0.0654 e. The van der Waals surface area contributed by atoms with Gasteiger partial charge in [-0.1, -0.05) is 32.6 Å². The highest BCUT2D eigenvalue weighted by Crippen LogP contribution is 2.62. The molecule has 3 fully saturated rings. The zero-order chi connectivity index (χ0) is 10.3. The number of rotatable bonds is 4. The van der Waals surface area contributed by atoms with E-state index in [-0.39, 0.29) is 0 Å². The molecule has 0 nitrogen and oxygen atoms in total. The van der Waals surface area contributed by atoms with Gasteiger partial charge in [0.1, 0.15) is 0 Å². The Balaban J connectivity index is 1.56. The molecular formula is C15H25. The Labute approximate surface area is 94.8 Å². The van der Waals surface area contributed by atoms with Gasteiger partial charge in [0.05, 0.1) is 0 Å². The summed E-state index contributed by atoms with van der Waals surface area (Å²) in [6.45, 7) is 2.32. The maximum atomic E-state index is 2.32. The highest BCUT2D eigenvalue weighted by atomic mass is 14.6. The van der Waals surface area contributed by atoms with Crippen molar-refractivity contribution in [3.8, 4) is 0 Å². The lowest BCUT2D eigenvalue weighted by atomic mass is 9.74. The predicted octanol–water partition coefficient (Wildman–Crippen LogP) is 4.60. The molecule has 0 spiro atoms. The van der Waals surface area contributed by atoms with E-state index in [4.69, 9.17) is 0 Å². The fourth-order valence-electron chi connectivity index (χ4n) is 4.86. The van der Waals surface area contributed by atoms with E-state index < -0.39 is 0 Å². The van der Waals surface area contributed by atoms with Crippen LogP contribution in [0.25, 0.3) is 0 Å². The number of unbranched alkanes of at least 4 members (excludes halogenated alkanes) is 2. The molecule has 0 heterocycles. The van der Waals surface area contributed by atoms with E-state index in [1.807, 2.05) is 5.92 Å². The van der Waals surface area contributed by atoms with Crippen molar-refractivity contribution in [1.29, 1.82) is 0 Å². The Bertz CT molecular complexity index is 220. The third-order valence-corrected chi connectivity index (χ3v) is 5.45. The average molecular weight is 205 g/mol. The van der Waals surface area contributed by atoms with E-state index >= 15 is 0 Å². The quantitative estimate of drug-likeness (QED) is 0.588. The van der Waals surface area contributed by atoms with Crippen LogP contribution < -0.4 is 0 Å². The molecule has 3 saturated carbocycles. The molecule has 1 radical (unpaired) electrons. The lowest BCUT2D eigenvalue weighted by Gasteiger charge is -2.31. The van der Waals surface area contributed by atoms with E-state index in [0.717, 1.165) is 17.8 Å². The molecule has 85 valence electrons. The van der Waals surface area contributed by atoms with Gasteiger partial charge in [-0.25, -0.2) is 0 Å². The molecule has 4 unspecified atom stereocenters. The van der Waals surface area contributed by atoms with Crippen LogP contribution in [0.15, 0.2) is 0 Å². The fraction of sp³-hybridized carbons (Fsp3) is 0.933. The van der Waals surface area contributed by atoms with Crippen LogP contribution >= 0.6 is 0 Å². The van der Waals surface area contributed by atoms with Crippen LogP contribution in [0.1, 0.15) is 64.7 Å². The topological polar surface area (TPSA) is 0 Å². The maximum absolute atomic E-state index is 2.32. The first-order valence-corrected chi connectivity index (χ1v) is 7.24. The summed E-state index contributed by atoms with van der Waals surface area (Å²) in [5.74, 6) is 6.56. The molecule has 3 aliphatic rings. The van der Waals surface area contributed by atoms with Gasteiger partial charge >= 0.3 is 0 Å². The molecule has 0 N–H and O–H groups in total. The summed E-state index contributed by atoms with van der Waals surface area (Å²) in [7, 11) is 0. The minimum atomic E-state index is 1.10. The van der Waals surface area contributed by atoms with Crippen molar-refractivity contribution in [2.24, 2.45) is 23.7 Å². The van der Waals surface area contributed by atoms with Crippen LogP contribution in [-0.2, 0) is 0 Å². The first-order valence-electron chi connectivity index (χ1n) is 7.24. The molecule has 3 aliphatic carbocycles. The van der Waals surface area contributed by atoms with Crippen LogP contribution in [-0.4, -0.2) is 0 Å². The molecule has 3 rings (SSSR count). The van der Waals surface area contributed by atoms with Gasteiger partial charge in [-0.05, 0) is 61.7 Å². The smallest absolute Gasteiger partial charge is 0.0204 e. The molecule has 4 atom stereocenters. The second kappa shape index (κ2) is 4.11. The third kappa shape index (κ3) is 1.65. The summed E-state index contributed by atoms with van der Waals surface area (Å²) >= 11 is 0. The van der Waals surface area contributed by atoms with E-state index in [0.29, 0.717) is 0 Å². The first-order chi connectivity index (χ1) is 7.40. The molecule has 0 saturated heterocycles. The number of hydrogen-bond donors (Lipinski definition) is 0. The Morgan fingerprint density at radius 1 is 1.13 bits per heavy atom. The summed E-state index contributed by atoms with van der Waals surface area (Å²) in [4.78, 5) is 0. The minimum absolute atomic E-state index is 1.10. The van der Waals surface area contributed by atoms with Gasteiger partial charge in [0.2, 0.25) is 0 Å². The van der Waals surface area contributed by atoms with Gasteiger partial charge in [0.15, 0.2) is 0 Å². The summed E-state index contributed by atoms with van der Waals surface area (Å²) < 4.78 is 0. The standard InChI is InChI=1S/C15H25/c1-2-3-4-6-11-9-12-10-15(11)14-8-5-7-13(12)14/h12-15H,2-10H2,1H3. The highest BCUT2D eigenvalue weighted by Gasteiger charge is 2.53. The van der Waals surface area contributed by atoms with E-state index in [1.165, 1.54) is 38.0 Å². The fourth-order valence-corrected chi connectivity index (χ4v) is 4.86.